The number of piperidine rings is 1. The zero-order chi connectivity index (χ0) is 16.2. The number of carbonyl (C=O) groups excluding carboxylic acids is 1. The van der Waals surface area contributed by atoms with Crippen molar-refractivity contribution in [3.05, 3.63) is 30.1 Å². The molecule has 0 N–H and O–H groups in total. The van der Waals surface area contributed by atoms with Crippen LogP contribution in [0.1, 0.15) is 26.2 Å². The van der Waals surface area contributed by atoms with Gasteiger partial charge in [0.1, 0.15) is 5.82 Å². The lowest BCUT2D eigenvalue weighted by molar-refractivity contribution is -0.122. The first-order valence-corrected chi connectivity index (χ1v) is 8.58. The van der Waals surface area contributed by atoms with Gasteiger partial charge in [-0.2, -0.15) is 0 Å². The number of hydrogen-bond donors (Lipinski definition) is 0. The van der Waals surface area contributed by atoms with Crippen LogP contribution in [0.15, 0.2) is 24.3 Å². The van der Waals surface area contributed by atoms with Crippen LogP contribution in [0.4, 0.5) is 10.1 Å². The second-order valence-electron chi connectivity index (χ2n) is 6.38. The highest BCUT2D eigenvalue weighted by molar-refractivity contribution is 5.99. The van der Waals surface area contributed by atoms with E-state index in [1.807, 2.05) is 6.92 Å². The molecule has 1 amide bonds. The summed E-state index contributed by atoms with van der Waals surface area (Å²) in [4.78, 5) is 16.6. The number of ether oxygens (including phenoxy) is 1. The van der Waals surface area contributed by atoms with Crippen LogP contribution in [-0.4, -0.2) is 49.7 Å². The Bertz CT molecular complexity index is 544. The molecule has 5 heteroatoms. The van der Waals surface area contributed by atoms with E-state index in [0.717, 1.165) is 45.6 Å². The van der Waals surface area contributed by atoms with Crippen molar-refractivity contribution < 1.29 is 13.9 Å². The average Bonchev–Trinajstić information content (AvgIpc) is 2.95. The van der Waals surface area contributed by atoms with Gasteiger partial charge in [0.2, 0.25) is 5.91 Å². The summed E-state index contributed by atoms with van der Waals surface area (Å²) >= 11 is 0. The molecule has 2 heterocycles. The number of nitrogens with zero attached hydrogens (tertiary/aromatic N) is 2. The van der Waals surface area contributed by atoms with Crippen molar-refractivity contribution in [3.8, 4) is 0 Å². The Hall–Kier alpha value is -1.46. The first-order chi connectivity index (χ1) is 11.2. The van der Waals surface area contributed by atoms with Gasteiger partial charge in [-0.15, -0.1) is 0 Å². The Morgan fingerprint density at radius 3 is 2.61 bits per heavy atom. The molecule has 126 valence electrons. The highest BCUT2D eigenvalue weighted by Crippen LogP contribution is 2.29. The third-order valence-electron chi connectivity index (χ3n) is 4.97. The number of benzene rings is 1. The van der Waals surface area contributed by atoms with E-state index < -0.39 is 0 Å². The lowest BCUT2D eigenvalue weighted by Gasteiger charge is -2.35. The molecule has 2 fully saturated rings. The van der Waals surface area contributed by atoms with Gasteiger partial charge in [-0.25, -0.2) is 4.39 Å². The molecule has 1 aromatic carbocycles. The number of amides is 1. The number of halogens is 1. The van der Waals surface area contributed by atoms with Crippen molar-refractivity contribution in [2.24, 2.45) is 5.92 Å². The Morgan fingerprint density at radius 2 is 1.91 bits per heavy atom. The van der Waals surface area contributed by atoms with E-state index in [-0.39, 0.29) is 17.8 Å². The van der Waals surface area contributed by atoms with Crippen LogP contribution in [0.25, 0.3) is 0 Å². The number of rotatable bonds is 5. The molecule has 0 radical (unpaired) electrons. The SMILES string of the molecule is CCOCC1CCN(C2CCN(c3ccccc3F)C2=O)CC1. The molecule has 23 heavy (non-hydrogen) atoms. The maximum atomic E-state index is 13.9. The van der Waals surface area contributed by atoms with E-state index in [9.17, 15) is 9.18 Å². The summed E-state index contributed by atoms with van der Waals surface area (Å²) in [6.07, 6.45) is 2.93. The number of carbonyl (C=O) groups is 1. The van der Waals surface area contributed by atoms with E-state index in [1.165, 1.54) is 6.07 Å². The maximum Gasteiger partial charge on any atom is 0.244 e. The summed E-state index contributed by atoms with van der Waals surface area (Å²) in [6, 6.07) is 6.43. The van der Waals surface area contributed by atoms with Crippen molar-refractivity contribution in [1.82, 2.24) is 4.90 Å². The monoisotopic (exact) mass is 320 g/mol. The molecule has 2 saturated heterocycles. The lowest BCUT2D eigenvalue weighted by atomic mass is 9.96. The summed E-state index contributed by atoms with van der Waals surface area (Å²) in [5, 5.41) is 0. The molecular formula is C18H25FN2O2. The molecule has 0 aliphatic carbocycles. The zero-order valence-electron chi connectivity index (χ0n) is 13.7. The topological polar surface area (TPSA) is 32.8 Å². The van der Waals surface area contributed by atoms with Gasteiger partial charge in [-0.3, -0.25) is 9.69 Å². The minimum absolute atomic E-state index is 0.0401. The summed E-state index contributed by atoms with van der Waals surface area (Å²) < 4.78 is 19.4. The maximum absolute atomic E-state index is 13.9. The predicted octanol–water partition coefficient (Wildman–Crippen LogP) is 2.68. The van der Waals surface area contributed by atoms with Gasteiger partial charge in [0.25, 0.3) is 0 Å². The van der Waals surface area contributed by atoms with E-state index in [2.05, 4.69) is 4.90 Å². The largest absolute Gasteiger partial charge is 0.381 e. The molecule has 0 aromatic heterocycles. The second kappa shape index (κ2) is 7.41. The molecule has 3 rings (SSSR count). The van der Waals surface area contributed by atoms with Gasteiger partial charge in [0.05, 0.1) is 11.7 Å². The van der Waals surface area contributed by atoms with Crippen LogP contribution in [0.2, 0.25) is 0 Å². The van der Waals surface area contributed by atoms with Gasteiger partial charge < -0.3 is 9.64 Å². The Balaban J connectivity index is 1.59. The molecule has 2 aliphatic rings. The van der Waals surface area contributed by atoms with E-state index in [0.29, 0.717) is 18.2 Å². The predicted molar refractivity (Wildman–Crippen MR) is 87.9 cm³/mol. The van der Waals surface area contributed by atoms with Crippen molar-refractivity contribution in [2.45, 2.75) is 32.2 Å². The highest BCUT2D eigenvalue weighted by Gasteiger charge is 2.38. The quantitative estimate of drug-likeness (QED) is 0.836. The van der Waals surface area contributed by atoms with Gasteiger partial charge in [-0.1, -0.05) is 12.1 Å². The minimum Gasteiger partial charge on any atom is -0.381 e. The van der Waals surface area contributed by atoms with Crippen LogP contribution >= 0.6 is 0 Å². The standard InChI is InChI=1S/C18H25FN2O2/c1-2-23-13-14-7-10-20(11-8-14)17-9-12-21(18(17)22)16-6-4-3-5-15(16)19/h3-6,14,17H,2,7-13H2,1H3. The number of likely N-dealkylation sites (tertiary alicyclic amines) is 1. The number of para-hydroxylation sites is 1. The van der Waals surface area contributed by atoms with Gasteiger partial charge in [0.15, 0.2) is 0 Å². The number of anilines is 1. The molecule has 1 unspecified atom stereocenters. The van der Waals surface area contributed by atoms with Gasteiger partial charge in [-0.05, 0) is 57.3 Å². The van der Waals surface area contributed by atoms with Crippen LogP contribution in [0.5, 0.6) is 0 Å². The Kier molecular flexibility index (Phi) is 5.28. The molecule has 0 saturated carbocycles. The minimum atomic E-state index is -0.322. The van der Waals surface area contributed by atoms with Gasteiger partial charge in [0, 0.05) is 19.8 Å². The summed E-state index contributed by atoms with van der Waals surface area (Å²) in [6.45, 7) is 6.06. The molecule has 1 atom stereocenters. The summed E-state index contributed by atoms with van der Waals surface area (Å²) in [7, 11) is 0. The molecule has 2 aliphatic heterocycles. The highest BCUT2D eigenvalue weighted by atomic mass is 19.1. The number of hydrogen-bond acceptors (Lipinski definition) is 3. The van der Waals surface area contributed by atoms with Crippen molar-refractivity contribution >= 4 is 11.6 Å². The molecule has 1 aromatic rings. The van der Waals surface area contributed by atoms with Crippen LogP contribution in [0.3, 0.4) is 0 Å². The van der Waals surface area contributed by atoms with Crippen molar-refractivity contribution in [2.75, 3.05) is 37.7 Å². The van der Waals surface area contributed by atoms with Crippen molar-refractivity contribution in [1.29, 1.82) is 0 Å². The van der Waals surface area contributed by atoms with Gasteiger partial charge >= 0.3 is 0 Å². The molecule has 4 nitrogen and oxygen atoms in total. The molecular weight excluding hydrogens is 295 g/mol. The van der Waals surface area contributed by atoms with E-state index in [1.54, 1.807) is 23.1 Å². The first kappa shape index (κ1) is 16.4. The smallest absolute Gasteiger partial charge is 0.244 e. The summed E-state index contributed by atoms with van der Waals surface area (Å²) in [5.41, 5.74) is 0.409. The van der Waals surface area contributed by atoms with E-state index in [4.69, 9.17) is 4.74 Å². The van der Waals surface area contributed by atoms with Crippen LogP contribution in [0, 0.1) is 11.7 Å². The van der Waals surface area contributed by atoms with E-state index >= 15 is 0 Å². The van der Waals surface area contributed by atoms with Crippen LogP contribution in [-0.2, 0) is 9.53 Å². The second-order valence-corrected chi connectivity index (χ2v) is 6.38. The summed E-state index contributed by atoms with van der Waals surface area (Å²) in [5.74, 6) is 0.320. The molecule has 0 spiro atoms. The Labute approximate surface area is 137 Å². The van der Waals surface area contributed by atoms with Crippen molar-refractivity contribution in [3.63, 3.8) is 0 Å². The fourth-order valence-electron chi connectivity index (χ4n) is 3.63. The lowest BCUT2D eigenvalue weighted by Crippen LogP contribution is -2.46. The van der Waals surface area contributed by atoms with Crippen LogP contribution < -0.4 is 4.90 Å². The third kappa shape index (κ3) is 3.56. The first-order valence-electron chi connectivity index (χ1n) is 8.58. The fraction of sp³-hybridized carbons (Fsp3) is 0.611. The normalized spacial score (nSPS) is 23.7. The Morgan fingerprint density at radius 1 is 1.17 bits per heavy atom. The average molecular weight is 320 g/mol. The third-order valence-corrected chi connectivity index (χ3v) is 4.97. The molecule has 0 bridgehead atoms. The fourth-order valence-corrected chi connectivity index (χ4v) is 3.63. The zero-order valence-corrected chi connectivity index (χ0v) is 13.7.